The van der Waals surface area contributed by atoms with Gasteiger partial charge in [0.1, 0.15) is 22.2 Å². The van der Waals surface area contributed by atoms with Crippen LogP contribution < -0.4 is 4.90 Å². The maximum Gasteiger partial charge on any atom is 0.350 e. The van der Waals surface area contributed by atoms with Crippen LogP contribution in [0.1, 0.15) is 43.3 Å². The van der Waals surface area contributed by atoms with Crippen LogP contribution in [-0.2, 0) is 4.74 Å². The highest BCUT2D eigenvalue weighted by atomic mass is 32.1. The molecule has 3 rings (SSSR count). The van der Waals surface area contributed by atoms with Crippen molar-refractivity contribution in [1.29, 1.82) is 0 Å². The summed E-state index contributed by atoms with van der Waals surface area (Å²) in [5, 5.41) is 0.970. The Morgan fingerprint density at radius 3 is 2.95 bits per heavy atom. The molecule has 0 bridgehead atoms. The van der Waals surface area contributed by atoms with Crippen molar-refractivity contribution in [1.82, 2.24) is 4.98 Å². The van der Waals surface area contributed by atoms with Gasteiger partial charge in [-0.1, -0.05) is 13.3 Å². The van der Waals surface area contributed by atoms with Crippen molar-refractivity contribution in [2.75, 3.05) is 18.1 Å². The van der Waals surface area contributed by atoms with Gasteiger partial charge in [0.05, 0.1) is 12.0 Å². The number of nitrogens with zero attached hydrogens (tertiary/aromatic N) is 3. The van der Waals surface area contributed by atoms with Crippen molar-refractivity contribution in [3.8, 4) is 0 Å². The molecule has 0 radical (unpaired) electrons. The molecule has 2 aromatic rings. The second kappa shape index (κ2) is 6.04. The standard InChI is InChI=1S/C16H19N3O2S/c1-4-6-9-19-10(3)18-13-12-11(7-8-17-15(12)19)22-14(13)16(20)21-5-2/h7-8H,4-6,9H2,1-3H3. The number of carbonyl (C=O) groups is 1. The summed E-state index contributed by atoms with van der Waals surface area (Å²) in [4.78, 5) is 24.1. The van der Waals surface area contributed by atoms with Crippen LogP contribution in [0, 0.1) is 0 Å². The second-order valence-electron chi connectivity index (χ2n) is 5.17. The Kier molecular flexibility index (Phi) is 4.11. The Morgan fingerprint density at radius 1 is 1.41 bits per heavy atom. The number of ether oxygens (including phenoxy) is 1. The van der Waals surface area contributed by atoms with Crippen LogP contribution >= 0.6 is 11.3 Å². The molecule has 116 valence electrons. The van der Waals surface area contributed by atoms with E-state index < -0.39 is 0 Å². The monoisotopic (exact) mass is 317 g/mol. The first-order valence-electron chi connectivity index (χ1n) is 7.58. The zero-order valence-electron chi connectivity index (χ0n) is 13.0. The van der Waals surface area contributed by atoms with Crippen LogP contribution in [0.15, 0.2) is 17.3 Å². The van der Waals surface area contributed by atoms with E-state index in [1.165, 1.54) is 11.3 Å². The third-order valence-corrected chi connectivity index (χ3v) is 4.80. The first-order valence-corrected chi connectivity index (χ1v) is 8.40. The fraction of sp³-hybridized carbons (Fsp3) is 0.438. The smallest absolute Gasteiger partial charge is 0.350 e. The minimum atomic E-state index is -0.303. The van der Waals surface area contributed by atoms with Crippen molar-refractivity contribution >= 4 is 44.7 Å². The number of aliphatic imine (C=N–C) groups is 1. The Bertz CT molecular complexity index is 751. The van der Waals surface area contributed by atoms with Crippen molar-refractivity contribution in [2.24, 2.45) is 4.99 Å². The zero-order valence-corrected chi connectivity index (χ0v) is 13.9. The van der Waals surface area contributed by atoms with Crippen molar-refractivity contribution in [2.45, 2.75) is 33.6 Å². The van der Waals surface area contributed by atoms with E-state index in [4.69, 9.17) is 4.74 Å². The van der Waals surface area contributed by atoms with E-state index >= 15 is 0 Å². The lowest BCUT2D eigenvalue weighted by Crippen LogP contribution is -2.32. The lowest BCUT2D eigenvalue weighted by atomic mass is 10.2. The maximum absolute atomic E-state index is 12.2. The van der Waals surface area contributed by atoms with Crippen molar-refractivity contribution in [3.05, 3.63) is 17.1 Å². The molecule has 2 aromatic heterocycles. The van der Waals surface area contributed by atoms with Gasteiger partial charge >= 0.3 is 5.97 Å². The number of rotatable bonds is 5. The van der Waals surface area contributed by atoms with Crippen LogP contribution in [0.5, 0.6) is 0 Å². The summed E-state index contributed by atoms with van der Waals surface area (Å²) in [5.74, 6) is 1.48. The fourth-order valence-electron chi connectivity index (χ4n) is 2.62. The number of anilines is 1. The quantitative estimate of drug-likeness (QED) is 0.778. The predicted octanol–water partition coefficient (Wildman–Crippen LogP) is 4.14. The van der Waals surface area contributed by atoms with Gasteiger partial charge in [0.2, 0.25) is 0 Å². The topological polar surface area (TPSA) is 54.8 Å². The highest BCUT2D eigenvalue weighted by Crippen LogP contribution is 2.45. The van der Waals surface area contributed by atoms with Gasteiger partial charge in [-0.25, -0.2) is 14.8 Å². The lowest BCUT2D eigenvalue weighted by Gasteiger charge is -2.27. The van der Waals surface area contributed by atoms with Crippen LogP contribution in [0.4, 0.5) is 11.5 Å². The number of hydrogen-bond donors (Lipinski definition) is 0. The number of esters is 1. The van der Waals surface area contributed by atoms with E-state index in [1.807, 2.05) is 19.9 Å². The number of aromatic nitrogens is 1. The number of carbonyl (C=O) groups excluding carboxylic acids is 1. The molecule has 0 amide bonds. The Hall–Kier alpha value is -1.95. The van der Waals surface area contributed by atoms with Crippen molar-refractivity contribution < 1.29 is 9.53 Å². The molecule has 6 heteroatoms. The summed E-state index contributed by atoms with van der Waals surface area (Å²) in [5.41, 5.74) is 0.715. The van der Waals surface area contributed by atoms with E-state index in [2.05, 4.69) is 21.8 Å². The average molecular weight is 317 g/mol. The van der Waals surface area contributed by atoms with Gasteiger partial charge in [-0.3, -0.25) is 0 Å². The molecule has 1 aliphatic rings. The summed E-state index contributed by atoms with van der Waals surface area (Å²) >= 11 is 1.43. The van der Waals surface area contributed by atoms with Gasteiger partial charge in [-0.15, -0.1) is 11.3 Å². The van der Waals surface area contributed by atoms with E-state index in [-0.39, 0.29) is 5.97 Å². The Morgan fingerprint density at radius 2 is 2.23 bits per heavy atom. The molecular formula is C16H19N3O2S. The molecule has 0 aliphatic carbocycles. The van der Waals surface area contributed by atoms with Crippen LogP contribution in [-0.4, -0.2) is 29.9 Å². The van der Waals surface area contributed by atoms with E-state index in [9.17, 15) is 4.79 Å². The molecule has 0 fully saturated rings. The van der Waals surface area contributed by atoms with Gasteiger partial charge in [0.15, 0.2) is 0 Å². The van der Waals surface area contributed by atoms with Crippen molar-refractivity contribution in [3.63, 3.8) is 0 Å². The number of hydrogen-bond acceptors (Lipinski definition) is 6. The minimum Gasteiger partial charge on any atom is -0.462 e. The average Bonchev–Trinajstić information content (AvgIpc) is 2.87. The van der Waals surface area contributed by atoms with Gasteiger partial charge in [-0.2, -0.15) is 0 Å². The molecule has 0 N–H and O–H groups in total. The zero-order chi connectivity index (χ0) is 15.7. The minimum absolute atomic E-state index is 0.303. The molecule has 3 heterocycles. The summed E-state index contributed by atoms with van der Waals surface area (Å²) < 4.78 is 6.19. The summed E-state index contributed by atoms with van der Waals surface area (Å²) in [6, 6.07) is 1.93. The molecule has 0 aromatic carbocycles. The molecule has 0 saturated carbocycles. The molecule has 0 spiro atoms. The van der Waals surface area contributed by atoms with Gasteiger partial charge in [-0.05, 0) is 26.3 Å². The van der Waals surface area contributed by atoms with Gasteiger partial charge in [0, 0.05) is 17.4 Å². The molecule has 22 heavy (non-hydrogen) atoms. The number of amidine groups is 1. The predicted molar refractivity (Wildman–Crippen MR) is 90.6 cm³/mol. The highest BCUT2D eigenvalue weighted by molar-refractivity contribution is 7.21. The number of unbranched alkanes of at least 4 members (excludes halogenated alkanes) is 1. The van der Waals surface area contributed by atoms with Gasteiger partial charge < -0.3 is 9.64 Å². The number of thiophene rings is 1. The molecular weight excluding hydrogens is 298 g/mol. The second-order valence-corrected chi connectivity index (χ2v) is 6.22. The van der Waals surface area contributed by atoms with Gasteiger partial charge in [0.25, 0.3) is 0 Å². The molecule has 0 unspecified atom stereocenters. The molecule has 0 saturated heterocycles. The molecule has 0 atom stereocenters. The highest BCUT2D eigenvalue weighted by Gasteiger charge is 2.28. The lowest BCUT2D eigenvalue weighted by molar-refractivity contribution is 0.0533. The van der Waals surface area contributed by atoms with E-state index in [1.54, 1.807) is 6.20 Å². The Labute approximate surface area is 133 Å². The summed E-state index contributed by atoms with van der Waals surface area (Å²) in [7, 11) is 0. The largest absolute Gasteiger partial charge is 0.462 e. The summed E-state index contributed by atoms with van der Waals surface area (Å²) in [6.07, 6.45) is 3.99. The SMILES string of the molecule is CCCCN1C(C)=Nc2c(C(=O)OCC)sc3ccnc1c23. The first-order chi connectivity index (χ1) is 10.7. The fourth-order valence-corrected chi connectivity index (χ4v) is 3.64. The van der Waals surface area contributed by atoms with E-state index in [0.717, 1.165) is 41.1 Å². The van der Waals surface area contributed by atoms with Crippen LogP contribution in [0.3, 0.4) is 0 Å². The van der Waals surface area contributed by atoms with Crippen LogP contribution in [0.2, 0.25) is 0 Å². The molecule has 1 aliphatic heterocycles. The third kappa shape index (κ3) is 2.37. The van der Waals surface area contributed by atoms with Crippen LogP contribution in [0.25, 0.3) is 10.1 Å². The summed E-state index contributed by atoms with van der Waals surface area (Å²) in [6.45, 7) is 7.20. The number of pyridine rings is 1. The first kappa shape index (κ1) is 15.0. The van der Waals surface area contributed by atoms with E-state index in [0.29, 0.717) is 17.2 Å². The maximum atomic E-state index is 12.2. The third-order valence-electron chi connectivity index (χ3n) is 3.67. The molecule has 5 nitrogen and oxygen atoms in total. The Balaban J connectivity index is 2.15. The normalized spacial score (nSPS) is 13.4.